The van der Waals surface area contributed by atoms with Gasteiger partial charge in [0.05, 0.1) is 16.9 Å². The highest BCUT2D eigenvalue weighted by atomic mass is 79.9. The highest BCUT2D eigenvalue weighted by molar-refractivity contribution is 9.10. The van der Waals surface area contributed by atoms with Gasteiger partial charge in [0.15, 0.2) is 0 Å². The number of nitrogens with zero attached hydrogens (tertiary/aromatic N) is 2. The van der Waals surface area contributed by atoms with Crippen molar-refractivity contribution >= 4 is 44.7 Å². The molecule has 0 fully saturated rings. The molecule has 0 atom stereocenters. The van der Waals surface area contributed by atoms with Gasteiger partial charge in [-0.1, -0.05) is 23.8 Å². The summed E-state index contributed by atoms with van der Waals surface area (Å²) < 4.78 is 2.51. The summed E-state index contributed by atoms with van der Waals surface area (Å²) in [6.45, 7) is 0. The zero-order valence-electron chi connectivity index (χ0n) is 8.02. The number of hydrogen-bond acceptors (Lipinski definition) is 2. The van der Waals surface area contributed by atoms with Gasteiger partial charge in [0.1, 0.15) is 4.99 Å². The molecular formula is C10H7BrClN3S. The first-order valence-corrected chi connectivity index (χ1v) is 5.96. The summed E-state index contributed by atoms with van der Waals surface area (Å²) in [4.78, 5) is 0.358. The molecule has 1 heterocycles. The van der Waals surface area contributed by atoms with E-state index in [1.807, 2.05) is 18.2 Å². The highest BCUT2D eigenvalue weighted by Crippen LogP contribution is 2.21. The number of nitrogens with two attached hydrogens (primary N) is 1. The fourth-order valence-corrected chi connectivity index (χ4v) is 2.31. The lowest BCUT2D eigenvalue weighted by atomic mass is 10.2. The van der Waals surface area contributed by atoms with Crippen LogP contribution in [0.15, 0.2) is 35.1 Å². The minimum Gasteiger partial charge on any atom is -0.389 e. The lowest BCUT2D eigenvalue weighted by molar-refractivity contribution is 0.879. The Kier molecular flexibility index (Phi) is 3.28. The molecule has 82 valence electrons. The molecule has 2 rings (SSSR count). The second-order valence-corrected chi connectivity index (χ2v) is 4.86. The van der Waals surface area contributed by atoms with Crippen molar-refractivity contribution < 1.29 is 0 Å². The molecule has 0 aliphatic rings. The van der Waals surface area contributed by atoms with Crippen LogP contribution in [-0.2, 0) is 0 Å². The van der Waals surface area contributed by atoms with Crippen molar-refractivity contribution in [1.82, 2.24) is 9.78 Å². The van der Waals surface area contributed by atoms with E-state index in [1.54, 1.807) is 17.1 Å². The topological polar surface area (TPSA) is 43.8 Å². The van der Waals surface area contributed by atoms with Crippen molar-refractivity contribution in [2.24, 2.45) is 5.73 Å². The van der Waals surface area contributed by atoms with E-state index in [0.717, 1.165) is 15.7 Å². The van der Waals surface area contributed by atoms with Gasteiger partial charge in [-0.3, -0.25) is 0 Å². The molecule has 0 aliphatic heterocycles. The van der Waals surface area contributed by atoms with Gasteiger partial charge in [-0.15, -0.1) is 0 Å². The van der Waals surface area contributed by atoms with E-state index >= 15 is 0 Å². The third-order valence-electron chi connectivity index (χ3n) is 2.03. The molecule has 0 unspecified atom stereocenters. The monoisotopic (exact) mass is 315 g/mol. The zero-order valence-corrected chi connectivity index (χ0v) is 11.2. The minimum atomic E-state index is 0.358. The lowest BCUT2D eigenvalue weighted by Gasteiger charge is -2.05. The Balaban J connectivity index is 2.45. The SMILES string of the molecule is NC(=S)c1ccc(-n2cc(Cl)cn2)cc1Br. The maximum Gasteiger partial charge on any atom is 0.105 e. The molecule has 0 radical (unpaired) electrons. The van der Waals surface area contributed by atoms with Gasteiger partial charge in [-0.2, -0.15) is 5.10 Å². The van der Waals surface area contributed by atoms with E-state index in [4.69, 9.17) is 29.6 Å². The van der Waals surface area contributed by atoms with Crippen LogP contribution in [0.2, 0.25) is 5.02 Å². The van der Waals surface area contributed by atoms with Crippen LogP contribution in [0.25, 0.3) is 5.69 Å². The van der Waals surface area contributed by atoms with Crippen LogP contribution in [0.4, 0.5) is 0 Å². The summed E-state index contributed by atoms with van der Waals surface area (Å²) in [5.41, 5.74) is 7.26. The molecule has 0 spiro atoms. The van der Waals surface area contributed by atoms with Crippen LogP contribution in [-0.4, -0.2) is 14.8 Å². The average molecular weight is 317 g/mol. The third kappa shape index (κ3) is 2.26. The molecule has 3 nitrogen and oxygen atoms in total. The fourth-order valence-electron chi connectivity index (χ4n) is 1.29. The van der Waals surface area contributed by atoms with E-state index in [9.17, 15) is 0 Å². The van der Waals surface area contributed by atoms with Crippen molar-refractivity contribution in [3.8, 4) is 5.69 Å². The number of benzene rings is 1. The molecule has 6 heteroatoms. The van der Waals surface area contributed by atoms with Crippen molar-refractivity contribution in [3.63, 3.8) is 0 Å². The smallest absolute Gasteiger partial charge is 0.105 e. The average Bonchev–Trinajstić information content (AvgIpc) is 2.64. The number of hydrogen-bond donors (Lipinski definition) is 1. The van der Waals surface area contributed by atoms with Crippen LogP contribution in [0.1, 0.15) is 5.56 Å². The molecule has 2 aromatic rings. The number of aromatic nitrogens is 2. The normalized spacial score (nSPS) is 10.4. The summed E-state index contributed by atoms with van der Waals surface area (Å²) in [6.07, 6.45) is 3.31. The Labute approximate surface area is 111 Å². The van der Waals surface area contributed by atoms with E-state index in [-0.39, 0.29) is 0 Å². The maximum atomic E-state index is 5.80. The Bertz CT molecular complexity index is 553. The van der Waals surface area contributed by atoms with Crippen molar-refractivity contribution in [2.75, 3.05) is 0 Å². The summed E-state index contributed by atoms with van der Waals surface area (Å²) >= 11 is 14.1. The van der Waals surface area contributed by atoms with Gasteiger partial charge in [-0.25, -0.2) is 4.68 Å². The molecule has 0 saturated carbocycles. The molecular weight excluding hydrogens is 310 g/mol. The molecule has 0 amide bonds. The first-order chi connectivity index (χ1) is 7.58. The molecule has 0 saturated heterocycles. The van der Waals surface area contributed by atoms with Crippen LogP contribution in [0.3, 0.4) is 0 Å². The lowest BCUT2D eigenvalue weighted by Crippen LogP contribution is -2.10. The number of rotatable bonds is 2. The van der Waals surface area contributed by atoms with Crippen molar-refractivity contribution in [2.45, 2.75) is 0 Å². The van der Waals surface area contributed by atoms with Crippen LogP contribution in [0, 0.1) is 0 Å². The van der Waals surface area contributed by atoms with Gasteiger partial charge in [0.2, 0.25) is 0 Å². The molecule has 16 heavy (non-hydrogen) atoms. The summed E-state index contributed by atoms with van der Waals surface area (Å²) in [5.74, 6) is 0. The number of halogens is 2. The van der Waals surface area contributed by atoms with Gasteiger partial charge < -0.3 is 5.73 Å². The van der Waals surface area contributed by atoms with Crippen LogP contribution < -0.4 is 5.73 Å². The molecule has 1 aromatic carbocycles. The Morgan fingerprint density at radius 3 is 2.75 bits per heavy atom. The standard InChI is InChI=1S/C10H7BrClN3S/c11-9-3-7(1-2-8(9)10(13)16)15-5-6(12)4-14-15/h1-5H,(H2,13,16). The highest BCUT2D eigenvalue weighted by Gasteiger charge is 2.05. The van der Waals surface area contributed by atoms with Gasteiger partial charge in [0.25, 0.3) is 0 Å². The molecule has 0 bridgehead atoms. The van der Waals surface area contributed by atoms with E-state index in [0.29, 0.717) is 10.0 Å². The Morgan fingerprint density at radius 2 is 2.25 bits per heavy atom. The van der Waals surface area contributed by atoms with Gasteiger partial charge >= 0.3 is 0 Å². The fraction of sp³-hybridized carbons (Fsp3) is 0. The zero-order chi connectivity index (χ0) is 11.7. The van der Waals surface area contributed by atoms with E-state index in [2.05, 4.69) is 21.0 Å². The van der Waals surface area contributed by atoms with E-state index in [1.165, 1.54) is 0 Å². The Hall–Kier alpha value is -0.910. The summed E-state index contributed by atoms with van der Waals surface area (Å²) in [7, 11) is 0. The van der Waals surface area contributed by atoms with Crippen LogP contribution in [0.5, 0.6) is 0 Å². The van der Waals surface area contributed by atoms with Gasteiger partial charge in [0, 0.05) is 16.2 Å². The summed E-state index contributed by atoms with van der Waals surface area (Å²) in [6, 6.07) is 5.61. The first-order valence-electron chi connectivity index (χ1n) is 4.38. The second kappa shape index (κ2) is 4.53. The van der Waals surface area contributed by atoms with Gasteiger partial charge in [-0.05, 0) is 34.1 Å². The third-order valence-corrected chi connectivity index (χ3v) is 3.10. The Morgan fingerprint density at radius 1 is 1.50 bits per heavy atom. The second-order valence-electron chi connectivity index (χ2n) is 3.13. The predicted octanol–water partition coefficient (Wildman–Crippen LogP) is 2.92. The number of thiocarbonyl (C=S) groups is 1. The predicted molar refractivity (Wildman–Crippen MR) is 72.2 cm³/mol. The molecule has 2 N–H and O–H groups in total. The first kappa shape index (κ1) is 11.6. The summed E-state index contributed by atoms with van der Waals surface area (Å²) in [5, 5.41) is 4.69. The van der Waals surface area contributed by atoms with Crippen molar-refractivity contribution in [1.29, 1.82) is 0 Å². The van der Waals surface area contributed by atoms with Crippen LogP contribution >= 0.6 is 39.7 Å². The van der Waals surface area contributed by atoms with E-state index < -0.39 is 0 Å². The molecule has 1 aromatic heterocycles. The molecule has 0 aliphatic carbocycles. The largest absolute Gasteiger partial charge is 0.389 e. The minimum absolute atomic E-state index is 0.358. The quantitative estimate of drug-likeness (QED) is 0.866. The maximum absolute atomic E-state index is 5.80. The van der Waals surface area contributed by atoms with Crippen molar-refractivity contribution in [3.05, 3.63) is 45.7 Å².